The van der Waals surface area contributed by atoms with E-state index in [4.69, 9.17) is 8.83 Å². The highest BCUT2D eigenvalue weighted by molar-refractivity contribution is 5.78. The number of rotatable bonds is 4. The molecule has 4 aromatic rings. The number of hydrogen-bond acceptors (Lipinski definition) is 5. The highest BCUT2D eigenvalue weighted by atomic mass is 16.4. The van der Waals surface area contributed by atoms with Crippen LogP contribution in [-0.2, 0) is 0 Å². The molecule has 2 heterocycles. The Morgan fingerprint density at radius 1 is 0.750 bits per heavy atom. The Morgan fingerprint density at radius 2 is 1.46 bits per heavy atom. The predicted molar refractivity (Wildman–Crippen MR) is 91.1 cm³/mol. The maximum Gasteiger partial charge on any atom is 0.248 e. The van der Waals surface area contributed by atoms with Gasteiger partial charge >= 0.3 is 0 Å². The van der Waals surface area contributed by atoms with Crippen LogP contribution >= 0.6 is 0 Å². The molecule has 0 saturated carbocycles. The summed E-state index contributed by atoms with van der Waals surface area (Å²) in [5.41, 5.74) is 2.57. The SMILES string of the molecule is C(=Nc1ccc(-c2nnc(-c3ccccc3)o2)cc1)c1ccco1. The molecule has 0 atom stereocenters. The Morgan fingerprint density at radius 3 is 2.12 bits per heavy atom. The Kier molecular flexibility index (Phi) is 3.73. The fourth-order valence-electron chi connectivity index (χ4n) is 2.23. The summed E-state index contributed by atoms with van der Waals surface area (Å²) in [6, 6.07) is 20.9. The molecule has 2 aromatic carbocycles. The quantitative estimate of drug-likeness (QED) is 0.510. The molecule has 0 bridgehead atoms. The van der Waals surface area contributed by atoms with Crippen molar-refractivity contribution < 1.29 is 8.83 Å². The lowest BCUT2D eigenvalue weighted by molar-refractivity contribution is 0.560. The van der Waals surface area contributed by atoms with Gasteiger partial charge in [0.25, 0.3) is 0 Å². The molecule has 0 aliphatic heterocycles. The second kappa shape index (κ2) is 6.34. The van der Waals surface area contributed by atoms with E-state index in [0.29, 0.717) is 17.5 Å². The van der Waals surface area contributed by atoms with Crippen LogP contribution in [0.1, 0.15) is 5.76 Å². The fourth-order valence-corrected chi connectivity index (χ4v) is 2.23. The zero-order valence-corrected chi connectivity index (χ0v) is 12.7. The third-order valence-electron chi connectivity index (χ3n) is 3.44. The molecule has 0 saturated heterocycles. The lowest BCUT2D eigenvalue weighted by Gasteiger charge is -1.96. The van der Waals surface area contributed by atoms with Crippen molar-refractivity contribution in [1.29, 1.82) is 0 Å². The van der Waals surface area contributed by atoms with E-state index in [1.54, 1.807) is 12.5 Å². The van der Waals surface area contributed by atoms with Crippen LogP contribution in [0.3, 0.4) is 0 Å². The van der Waals surface area contributed by atoms with Gasteiger partial charge in [-0.05, 0) is 48.5 Å². The van der Waals surface area contributed by atoms with E-state index in [1.165, 1.54) is 0 Å². The topological polar surface area (TPSA) is 64.4 Å². The molecular weight excluding hydrogens is 302 g/mol. The van der Waals surface area contributed by atoms with E-state index in [-0.39, 0.29) is 0 Å². The van der Waals surface area contributed by atoms with Gasteiger partial charge in [0, 0.05) is 11.1 Å². The molecule has 4 rings (SSSR count). The molecule has 0 unspecified atom stereocenters. The van der Waals surface area contributed by atoms with Crippen molar-refractivity contribution in [3.8, 4) is 22.9 Å². The summed E-state index contributed by atoms with van der Waals surface area (Å²) in [5, 5.41) is 8.21. The predicted octanol–water partition coefficient (Wildman–Crippen LogP) is 4.75. The molecule has 0 aliphatic carbocycles. The zero-order valence-electron chi connectivity index (χ0n) is 12.7. The maximum atomic E-state index is 5.74. The minimum absolute atomic E-state index is 0.482. The van der Waals surface area contributed by atoms with Gasteiger partial charge < -0.3 is 8.83 Å². The minimum atomic E-state index is 0.482. The molecular formula is C19H13N3O2. The van der Waals surface area contributed by atoms with E-state index in [2.05, 4.69) is 15.2 Å². The summed E-state index contributed by atoms with van der Waals surface area (Å²) in [5.74, 6) is 1.70. The van der Waals surface area contributed by atoms with Crippen molar-refractivity contribution in [2.24, 2.45) is 4.99 Å². The van der Waals surface area contributed by atoms with Gasteiger partial charge in [-0.1, -0.05) is 18.2 Å². The van der Waals surface area contributed by atoms with E-state index >= 15 is 0 Å². The van der Waals surface area contributed by atoms with Gasteiger partial charge in [0.15, 0.2) is 0 Å². The van der Waals surface area contributed by atoms with Crippen LogP contribution in [0, 0.1) is 0 Å². The number of nitrogens with zero attached hydrogens (tertiary/aromatic N) is 3. The molecule has 2 aromatic heterocycles. The molecule has 0 spiro atoms. The second-order valence-corrected chi connectivity index (χ2v) is 5.10. The molecule has 0 radical (unpaired) electrons. The first-order valence-electron chi connectivity index (χ1n) is 7.45. The van der Waals surface area contributed by atoms with E-state index in [9.17, 15) is 0 Å². The zero-order chi connectivity index (χ0) is 16.2. The van der Waals surface area contributed by atoms with Crippen LogP contribution in [0.5, 0.6) is 0 Å². The largest absolute Gasteiger partial charge is 0.463 e. The van der Waals surface area contributed by atoms with Crippen LogP contribution in [0.15, 0.2) is 86.8 Å². The minimum Gasteiger partial charge on any atom is -0.463 e. The van der Waals surface area contributed by atoms with Gasteiger partial charge in [-0.2, -0.15) is 0 Å². The van der Waals surface area contributed by atoms with Crippen molar-refractivity contribution in [3.05, 3.63) is 78.8 Å². The molecule has 24 heavy (non-hydrogen) atoms. The van der Waals surface area contributed by atoms with Crippen LogP contribution in [-0.4, -0.2) is 16.4 Å². The van der Waals surface area contributed by atoms with Crippen molar-refractivity contribution in [2.45, 2.75) is 0 Å². The number of benzene rings is 2. The smallest absolute Gasteiger partial charge is 0.248 e. The van der Waals surface area contributed by atoms with Gasteiger partial charge in [0.05, 0.1) is 18.2 Å². The van der Waals surface area contributed by atoms with Crippen LogP contribution in [0.25, 0.3) is 22.9 Å². The highest BCUT2D eigenvalue weighted by Crippen LogP contribution is 2.25. The van der Waals surface area contributed by atoms with Gasteiger partial charge in [-0.25, -0.2) is 0 Å². The highest BCUT2D eigenvalue weighted by Gasteiger charge is 2.09. The normalized spacial score (nSPS) is 11.2. The molecule has 5 nitrogen and oxygen atoms in total. The average molecular weight is 315 g/mol. The van der Waals surface area contributed by atoms with Gasteiger partial charge in [-0.15, -0.1) is 10.2 Å². The van der Waals surface area contributed by atoms with Gasteiger partial charge in [-0.3, -0.25) is 4.99 Å². The van der Waals surface area contributed by atoms with E-state index in [0.717, 1.165) is 16.8 Å². The Labute approximate surface area is 138 Å². The summed E-state index contributed by atoms with van der Waals surface area (Å²) in [6.45, 7) is 0. The molecule has 116 valence electrons. The number of aromatic nitrogens is 2. The first-order chi connectivity index (χ1) is 11.9. The van der Waals surface area contributed by atoms with E-state index in [1.807, 2.05) is 66.7 Å². The molecule has 0 aliphatic rings. The van der Waals surface area contributed by atoms with Crippen molar-refractivity contribution in [3.63, 3.8) is 0 Å². The number of hydrogen-bond donors (Lipinski definition) is 0. The third-order valence-corrected chi connectivity index (χ3v) is 3.44. The van der Waals surface area contributed by atoms with Crippen LogP contribution < -0.4 is 0 Å². The summed E-state index contributed by atoms with van der Waals surface area (Å²) >= 11 is 0. The summed E-state index contributed by atoms with van der Waals surface area (Å²) in [4.78, 5) is 4.35. The lowest BCUT2D eigenvalue weighted by Crippen LogP contribution is -1.78. The summed E-state index contributed by atoms with van der Waals surface area (Å²) < 4.78 is 10.9. The van der Waals surface area contributed by atoms with E-state index < -0.39 is 0 Å². The van der Waals surface area contributed by atoms with Gasteiger partial charge in [0.2, 0.25) is 11.8 Å². The number of aliphatic imine (C=N–C) groups is 1. The monoisotopic (exact) mass is 315 g/mol. The standard InChI is InChI=1S/C19H13N3O2/c1-2-5-14(6-3-1)18-21-22-19(24-18)15-8-10-16(11-9-15)20-13-17-7-4-12-23-17/h1-13H. The number of furan rings is 1. The maximum absolute atomic E-state index is 5.74. The van der Waals surface area contributed by atoms with Gasteiger partial charge in [0.1, 0.15) is 5.76 Å². The molecule has 0 amide bonds. The third kappa shape index (κ3) is 3.01. The van der Waals surface area contributed by atoms with Crippen LogP contribution in [0.4, 0.5) is 5.69 Å². The Hall–Kier alpha value is -3.47. The van der Waals surface area contributed by atoms with Crippen molar-refractivity contribution in [2.75, 3.05) is 0 Å². The first-order valence-corrected chi connectivity index (χ1v) is 7.45. The fraction of sp³-hybridized carbons (Fsp3) is 0. The molecule has 0 fully saturated rings. The van der Waals surface area contributed by atoms with Crippen molar-refractivity contribution >= 4 is 11.9 Å². The second-order valence-electron chi connectivity index (χ2n) is 5.10. The molecule has 0 N–H and O–H groups in total. The summed E-state index contributed by atoms with van der Waals surface area (Å²) in [6.07, 6.45) is 3.29. The average Bonchev–Trinajstić information content (AvgIpc) is 3.33. The summed E-state index contributed by atoms with van der Waals surface area (Å²) in [7, 11) is 0. The van der Waals surface area contributed by atoms with Crippen LogP contribution in [0.2, 0.25) is 0 Å². The van der Waals surface area contributed by atoms with Crippen molar-refractivity contribution in [1.82, 2.24) is 10.2 Å². The Bertz CT molecular complexity index is 940. The molecule has 5 heteroatoms. The Balaban J connectivity index is 1.54. The first kappa shape index (κ1) is 14.1. The lowest BCUT2D eigenvalue weighted by atomic mass is 10.2.